The van der Waals surface area contributed by atoms with Crippen LogP contribution in [-0.2, 0) is 0 Å². The first-order valence-electron chi connectivity index (χ1n) is 8.66. The number of hydrogen-bond acceptors (Lipinski definition) is 4. The number of fused-ring (bicyclic) bond motifs is 1. The Bertz CT molecular complexity index is 1150. The van der Waals surface area contributed by atoms with Crippen LogP contribution in [0.15, 0.2) is 78.9 Å². The van der Waals surface area contributed by atoms with Crippen LogP contribution in [-0.4, -0.2) is 18.2 Å². The molecule has 4 aromatic rings. The summed E-state index contributed by atoms with van der Waals surface area (Å²) in [5.41, 5.74) is 0.917. The molecule has 1 aromatic heterocycles. The summed E-state index contributed by atoms with van der Waals surface area (Å²) in [7, 11) is 0. The molecule has 0 aliphatic heterocycles. The lowest BCUT2D eigenvalue weighted by atomic mass is 10.1. The van der Waals surface area contributed by atoms with Gasteiger partial charge in [0.25, 0.3) is 0 Å². The Morgan fingerprint density at radius 1 is 0.821 bits per heavy atom. The van der Waals surface area contributed by atoms with Crippen LogP contribution in [0.4, 0.5) is 4.39 Å². The highest BCUT2D eigenvalue weighted by molar-refractivity contribution is 7.21. The molecule has 3 nitrogen and oxygen atoms in total. The third-order valence-corrected chi connectivity index (χ3v) is 5.46. The standard InChI is InChI=1S/C23H15FO3S/c24-17-12-10-15(11-13-17)19(25)14-27-22-18-8-4-5-9-20(18)28-23(22)21(26)16-6-2-1-3-7-16/h1-13H,14H2. The number of Topliss-reactive ketones (excluding diaryl/α,β-unsaturated/α-hetero) is 1. The molecule has 28 heavy (non-hydrogen) atoms. The number of benzene rings is 3. The highest BCUT2D eigenvalue weighted by Crippen LogP contribution is 2.39. The van der Waals surface area contributed by atoms with E-state index >= 15 is 0 Å². The zero-order chi connectivity index (χ0) is 19.5. The molecule has 1 heterocycles. The number of rotatable bonds is 6. The summed E-state index contributed by atoms with van der Waals surface area (Å²) in [6, 6.07) is 21.8. The summed E-state index contributed by atoms with van der Waals surface area (Å²) in [4.78, 5) is 25.9. The fourth-order valence-electron chi connectivity index (χ4n) is 2.89. The Labute approximate surface area is 165 Å². The second kappa shape index (κ2) is 7.74. The monoisotopic (exact) mass is 390 g/mol. The fourth-order valence-corrected chi connectivity index (χ4v) is 4.00. The first-order valence-corrected chi connectivity index (χ1v) is 9.48. The van der Waals surface area contributed by atoms with E-state index in [2.05, 4.69) is 0 Å². The van der Waals surface area contributed by atoms with E-state index in [1.807, 2.05) is 30.3 Å². The molecule has 138 valence electrons. The first-order chi connectivity index (χ1) is 13.6. The third kappa shape index (κ3) is 3.57. The lowest BCUT2D eigenvalue weighted by Gasteiger charge is -2.08. The van der Waals surface area contributed by atoms with Gasteiger partial charge in [0.1, 0.15) is 16.4 Å². The van der Waals surface area contributed by atoms with Crippen LogP contribution in [0.3, 0.4) is 0 Å². The topological polar surface area (TPSA) is 43.4 Å². The number of ether oxygens (including phenoxy) is 1. The van der Waals surface area contributed by atoms with Crippen molar-refractivity contribution in [3.05, 3.63) is 101 Å². The molecule has 0 fully saturated rings. The second-order valence-corrected chi connectivity index (χ2v) is 7.22. The molecule has 0 N–H and O–H groups in total. The second-order valence-electron chi connectivity index (χ2n) is 6.17. The number of halogens is 1. The summed E-state index contributed by atoms with van der Waals surface area (Å²) < 4.78 is 19.8. The predicted octanol–water partition coefficient (Wildman–Crippen LogP) is 5.53. The van der Waals surface area contributed by atoms with Crippen LogP contribution in [0.5, 0.6) is 5.75 Å². The van der Waals surface area contributed by atoms with E-state index in [4.69, 9.17) is 4.74 Å². The summed E-state index contributed by atoms with van der Waals surface area (Å²) in [6.07, 6.45) is 0. The average Bonchev–Trinajstić information content (AvgIpc) is 3.11. The quantitative estimate of drug-likeness (QED) is 0.406. The number of thiophene rings is 1. The first kappa shape index (κ1) is 18.1. The minimum atomic E-state index is -0.406. The van der Waals surface area contributed by atoms with Gasteiger partial charge in [0.15, 0.2) is 12.4 Å². The van der Waals surface area contributed by atoms with Crippen molar-refractivity contribution in [3.8, 4) is 5.75 Å². The third-order valence-electron chi connectivity index (χ3n) is 4.31. The molecule has 0 saturated heterocycles. The van der Waals surface area contributed by atoms with Crippen LogP contribution in [0.25, 0.3) is 10.1 Å². The summed E-state index contributed by atoms with van der Waals surface area (Å²) in [5, 5.41) is 0.790. The minimum absolute atomic E-state index is 0.147. The maximum atomic E-state index is 13.1. The molecular weight excluding hydrogens is 375 g/mol. The van der Waals surface area contributed by atoms with Gasteiger partial charge in [-0.05, 0) is 36.4 Å². The zero-order valence-corrected chi connectivity index (χ0v) is 15.5. The molecular formula is C23H15FO3S. The van der Waals surface area contributed by atoms with Crippen molar-refractivity contribution in [2.24, 2.45) is 0 Å². The maximum Gasteiger partial charge on any atom is 0.206 e. The minimum Gasteiger partial charge on any atom is -0.483 e. The molecule has 3 aromatic carbocycles. The molecule has 0 atom stereocenters. The lowest BCUT2D eigenvalue weighted by Crippen LogP contribution is -2.13. The number of carbonyl (C=O) groups is 2. The Morgan fingerprint density at radius 2 is 1.50 bits per heavy atom. The molecule has 0 aliphatic rings. The zero-order valence-electron chi connectivity index (χ0n) is 14.7. The molecule has 0 spiro atoms. The van der Waals surface area contributed by atoms with Crippen molar-refractivity contribution in [1.29, 1.82) is 0 Å². The van der Waals surface area contributed by atoms with Gasteiger partial charge >= 0.3 is 0 Å². The van der Waals surface area contributed by atoms with Gasteiger partial charge in [-0.2, -0.15) is 0 Å². The van der Waals surface area contributed by atoms with Crippen LogP contribution < -0.4 is 4.74 Å². The van der Waals surface area contributed by atoms with E-state index in [9.17, 15) is 14.0 Å². The van der Waals surface area contributed by atoms with Crippen molar-refractivity contribution in [2.75, 3.05) is 6.61 Å². The molecule has 0 radical (unpaired) electrons. The van der Waals surface area contributed by atoms with Crippen LogP contribution >= 0.6 is 11.3 Å². The van der Waals surface area contributed by atoms with Gasteiger partial charge in [-0.25, -0.2) is 4.39 Å². The van der Waals surface area contributed by atoms with Crippen molar-refractivity contribution in [3.63, 3.8) is 0 Å². The summed E-state index contributed by atoms with van der Waals surface area (Å²) in [6.45, 7) is -0.235. The van der Waals surface area contributed by atoms with Crippen molar-refractivity contribution in [1.82, 2.24) is 0 Å². The Hall–Kier alpha value is -3.31. The number of ketones is 2. The highest BCUT2D eigenvalue weighted by Gasteiger charge is 2.22. The molecule has 5 heteroatoms. The van der Waals surface area contributed by atoms with Gasteiger partial charge in [0, 0.05) is 21.2 Å². The predicted molar refractivity (Wildman–Crippen MR) is 108 cm³/mol. The average molecular weight is 390 g/mol. The molecule has 0 aliphatic carbocycles. The van der Waals surface area contributed by atoms with Crippen molar-refractivity contribution < 1.29 is 18.7 Å². The van der Waals surface area contributed by atoms with Gasteiger partial charge < -0.3 is 4.74 Å². The van der Waals surface area contributed by atoms with Crippen LogP contribution in [0.1, 0.15) is 25.6 Å². The normalized spacial score (nSPS) is 10.8. The summed E-state index contributed by atoms with van der Waals surface area (Å²) in [5.74, 6) is -0.429. The lowest BCUT2D eigenvalue weighted by molar-refractivity contribution is 0.0917. The molecule has 0 amide bonds. The van der Waals surface area contributed by atoms with E-state index in [0.29, 0.717) is 21.8 Å². The smallest absolute Gasteiger partial charge is 0.206 e. The van der Waals surface area contributed by atoms with E-state index in [1.165, 1.54) is 35.6 Å². The number of hydrogen-bond donors (Lipinski definition) is 0. The van der Waals surface area contributed by atoms with Crippen molar-refractivity contribution >= 4 is 33.0 Å². The Balaban J connectivity index is 1.66. The SMILES string of the molecule is O=C(COc1c(C(=O)c2ccccc2)sc2ccccc12)c1ccc(F)cc1. The fraction of sp³-hybridized carbons (Fsp3) is 0.0435. The highest BCUT2D eigenvalue weighted by atomic mass is 32.1. The van der Waals surface area contributed by atoms with E-state index in [-0.39, 0.29) is 18.2 Å². The maximum absolute atomic E-state index is 13.1. The van der Waals surface area contributed by atoms with E-state index in [0.717, 1.165) is 10.1 Å². The van der Waals surface area contributed by atoms with Gasteiger partial charge in [0.2, 0.25) is 5.78 Å². The molecule has 0 saturated carbocycles. The van der Waals surface area contributed by atoms with Crippen LogP contribution in [0.2, 0.25) is 0 Å². The Morgan fingerprint density at radius 3 is 2.25 bits per heavy atom. The summed E-state index contributed by atoms with van der Waals surface area (Å²) >= 11 is 1.34. The number of carbonyl (C=O) groups excluding carboxylic acids is 2. The van der Waals surface area contributed by atoms with Gasteiger partial charge in [-0.15, -0.1) is 11.3 Å². The molecule has 4 rings (SSSR count). The van der Waals surface area contributed by atoms with E-state index < -0.39 is 5.82 Å². The van der Waals surface area contributed by atoms with Gasteiger partial charge in [-0.1, -0.05) is 42.5 Å². The van der Waals surface area contributed by atoms with Gasteiger partial charge in [0.05, 0.1) is 0 Å². The van der Waals surface area contributed by atoms with Crippen LogP contribution in [0, 0.1) is 5.82 Å². The van der Waals surface area contributed by atoms with E-state index in [1.54, 1.807) is 24.3 Å². The Kier molecular flexibility index (Phi) is 5.00. The van der Waals surface area contributed by atoms with Crippen molar-refractivity contribution in [2.45, 2.75) is 0 Å². The van der Waals surface area contributed by atoms with Gasteiger partial charge in [-0.3, -0.25) is 9.59 Å². The molecule has 0 unspecified atom stereocenters. The molecule has 0 bridgehead atoms. The largest absolute Gasteiger partial charge is 0.483 e.